The summed E-state index contributed by atoms with van der Waals surface area (Å²) in [5, 5.41) is 4.73. The second kappa shape index (κ2) is 5.14. The number of rotatable bonds is 3. The number of hydrogen-bond donors (Lipinski definition) is 1. The highest BCUT2D eigenvalue weighted by Gasteiger charge is 2.08. The molecule has 0 saturated heterocycles. The fourth-order valence-corrected chi connectivity index (χ4v) is 2.33. The number of carbonyl (C=O) groups is 1. The van der Waals surface area contributed by atoms with E-state index in [4.69, 9.17) is 11.6 Å². The Morgan fingerprint density at radius 1 is 1.25 bits per heavy atom. The van der Waals surface area contributed by atoms with Crippen LogP contribution in [0.5, 0.6) is 0 Å². The molecule has 0 aliphatic heterocycles. The van der Waals surface area contributed by atoms with Gasteiger partial charge in [0.05, 0.1) is 10.6 Å². The summed E-state index contributed by atoms with van der Waals surface area (Å²) in [5.74, 6) is -0.207. The Kier molecular flexibility index (Phi) is 3.59. The summed E-state index contributed by atoms with van der Waals surface area (Å²) in [5.41, 5.74) is 1.92. The van der Waals surface area contributed by atoms with E-state index in [9.17, 15) is 4.79 Å². The van der Waals surface area contributed by atoms with Crippen LogP contribution in [0.4, 0.5) is 5.69 Å². The Morgan fingerprint density at radius 3 is 2.69 bits per heavy atom. The third-order valence-electron chi connectivity index (χ3n) is 2.10. The lowest BCUT2D eigenvalue weighted by Crippen LogP contribution is -2.12. The first-order valence-corrected chi connectivity index (χ1v) is 6.21. The second-order valence-corrected chi connectivity index (χ2v) is 4.39. The zero-order valence-electron chi connectivity index (χ0n) is 8.44. The minimum atomic E-state index is -0.183. The van der Waals surface area contributed by atoms with Crippen LogP contribution >= 0.6 is 22.9 Å². The van der Waals surface area contributed by atoms with Crippen LogP contribution in [0.3, 0.4) is 0 Å². The van der Waals surface area contributed by atoms with Crippen molar-refractivity contribution in [3.63, 3.8) is 0 Å². The van der Waals surface area contributed by atoms with Crippen molar-refractivity contribution in [2.45, 2.75) is 0 Å². The molecular weight excluding hydrogens is 242 g/mol. The molecule has 2 rings (SSSR count). The van der Waals surface area contributed by atoms with Crippen molar-refractivity contribution in [1.82, 2.24) is 0 Å². The van der Waals surface area contributed by atoms with Crippen LogP contribution in [0.1, 0.15) is 0 Å². The first kappa shape index (κ1) is 11.2. The number of halogens is 1. The average molecular weight is 252 g/mol. The maximum absolute atomic E-state index is 11.2. The van der Waals surface area contributed by atoms with Crippen molar-refractivity contribution in [2.24, 2.45) is 0 Å². The van der Waals surface area contributed by atoms with Crippen molar-refractivity contribution in [2.75, 3.05) is 11.2 Å². The average Bonchev–Trinajstić information content (AvgIpc) is 2.78. The molecule has 4 heteroatoms. The van der Waals surface area contributed by atoms with E-state index in [1.807, 2.05) is 41.8 Å². The second-order valence-electron chi connectivity index (χ2n) is 3.21. The fraction of sp³-hybridized carbons (Fsp3) is 0.0833. The lowest BCUT2D eigenvalue weighted by Gasteiger charge is -2.04. The molecule has 1 aromatic heterocycles. The predicted molar refractivity (Wildman–Crippen MR) is 69.1 cm³/mol. The maximum atomic E-state index is 11.2. The predicted octanol–water partition coefficient (Wildman–Crippen LogP) is 3.59. The zero-order chi connectivity index (χ0) is 11.4. The van der Waals surface area contributed by atoms with E-state index in [1.165, 1.54) is 0 Å². The first-order valence-electron chi connectivity index (χ1n) is 4.80. The van der Waals surface area contributed by atoms with Gasteiger partial charge < -0.3 is 5.32 Å². The topological polar surface area (TPSA) is 29.1 Å². The first-order chi connectivity index (χ1) is 7.81. The van der Waals surface area contributed by atoms with E-state index in [1.54, 1.807) is 11.3 Å². The quantitative estimate of drug-likeness (QED) is 0.830. The Labute approximate surface area is 103 Å². The summed E-state index contributed by atoms with van der Waals surface area (Å²) in [6.45, 7) is 0. The van der Waals surface area contributed by atoms with Gasteiger partial charge in [0.2, 0.25) is 5.91 Å². The van der Waals surface area contributed by atoms with Gasteiger partial charge >= 0.3 is 0 Å². The van der Waals surface area contributed by atoms with Gasteiger partial charge in [0.1, 0.15) is 5.88 Å². The van der Waals surface area contributed by atoms with E-state index >= 15 is 0 Å². The third kappa shape index (κ3) is 2.43. The number of alkyl halides is 1. The molecule has 0 atom stereocenters. The molecule has 2 aromatic rings. The van der Waals surface area contributed by atoms with Crippen molar-refractivity contribution < 1.29 is 4.79 Å². The van der Waals surface area contributed by atoms with Crippen molar-refractivity contribution in [1.29, 1.82) is 0 Å². The number of carbonyl (C=O) groups excluding carboxylic acids is 1. The minimum absolute atomic E-state index is 0.0237. The van der Waals surface area contributed by atoms with Gasteiger partial charge in [0.25, 0.3) is 0 Å². The molecule has 1 N–H and O–H groups in total. The molecule has 0 saturated carbocycles. The van der Waals surface area contributed by atoms with E-state index in [2.05, 4.69) is 5.32 Å². The molecule has 0 radical (unpaired) electrons. The minimum Gasteiger partial charge on any atom is -0.324 e. The van der Waals surface area contributed by atoms with Crippen molar-refractivity contribution >= 4 is 34.5 Å². The highest BCUT2D eigenvalue weighted by atomic mass is 35.5. The molecule has 0 aliphatic rings. The van der Waals surface area contributed by atoms with Gasteiger partial charge in [0.15, 0.2) is 0 Å². The number of hydrogen-bond acceptors (Lipinski definition) is 2. The molecule has 1 aromatic carbocycles. The smallest absolute Gasteiger partial charge is 0.239 e. The molecule has 82 valence electrons. The molecule has 0 spiro atoms. The summed E-state index contributed by atoms with van der Waals surface area (Å²) >= 11 is 7.06. The fourth-order valence-electron chi connectivity index (χ4n) is 1.40. The molecule has 0 bridgehead atoms. The summed E-state index contributed by atoms with van der Waals surface area (Å²) in [7, 11) is 0. The molecular formula is C12H10ClNOS. The molecule has 0 fully saturated rings. The number of thiophene rings is 1. The van der Waals surface area contributed by atoms with E-state index in [0.717, 1.165) is 16.1 Å². The van der Waals surface area contributed by atoms with Gasteiger partial charge in [-0.25, -0.2) is 0 Å². The highest BCUT2D eigenvalue weighted by Crippen LogP contribution is 2.33. The lowest BCUT2D eigenvalue weighted by molar-refractivity contribution is -0.113. The van der Waals surface area contributed by atoms with Gasteiger partial charge in [-0.15, -0.1) is 22.9 Å². The Morgan fingerprint density at radius 2 is 2.00 bits per heavy atom. The Hall–Kier alpha value is -1.32. The Bertz CT molecular complexity index is 481. The molecule has 1 amide bonds. The van der Waals surface area contributed by atoms with Gasteiger partial charge in [-0.05, 0) is 17.0 Å². The summed E-state index contributed by atoms with van der Waals surface area (Å²) in [6.07, 6.45) is 0. The number of benzene rings is 1. The van der Waals surface area contributed by atoms with E-state index < -0.39 is 0 Å². The van der Waals surface area contributed by atoms with Gasteiger partial charge in [-0.2, -0.15) is 0 Å². The number of nitrogens with one attached hydrogen (secondary N) is 1. The van der Waals surface area contributed by atoms with Gasteiger partial charge in [-0.3, -0.25) is 4.79 Å². The van der Waals surface area contributed by atoms with Crippen molar-refractivity contribution in [3.8, 4) is 10.4 Å². The standard InChI is InChI=1S/C12H10ClNOS/c13-8-11(15)14-10-6-7-16-12(10)9-4-2-1-3-5-9/h1-7H,8H2,(H,14,15). The van der Waals surface area contributed by atoms with Crippen LogP contribution in [-0.2, 0) is 4.79 Å². The van der Waals surface area contributed by atoms with E-state index in [-0.39, 0.29) is 11.8 Å². The third-order valence-corrected chi connectivity index (χ3v) is 3.30. The summed E-state index contributed by atoms with van der Waals surface area (Å²) in [6, 6.07) is 11.8. The molecule has 0 aliphatic carbocycles. The largest absolute Gasteiger partial charge is 0.324 e. The molecule has 1 heterocycles. The monoisotopic (exact) mass is 251 g/mol. The van der Waals surface area contributed by atoms with Crippen LogP contribution in [0, 0.1) is 0 Å². The van der Waals surface area contributed by atoms with Gasteiger partial charge in [0, 0.05) is 0 Å². The van der Waals surface area contributed by atoms with Crippen LogP contribution in [-0.4, -0.2) is 11.8 Å². The summed E-state index contributed by atoms with van der Waals surface area (Å²) < 4.78 is 0. The summed E-state index contributed by atoms with van der Waals surface area (Å²) in [4.78, 5) is 12.3. The number of anilines is 1. The van der Waals surface area contributed by atoms with Crippen molar-refractivity contribution in [3.05, 3.63) is 41.8 Å². The van der Waals surface area contributed by atoms with Crippen LogP contribution in [0.25, 0.3) is 10.4 Å². The van der Waals surface area contributed by atoms with Crippen LogP contribution in [0.2, 0.25) is 0 Å². The van der Waals surface area contributed by atoms with Crippen LogP contribution in [0.15, 0.2) is 41.8 Å². The molecule has 2 nitrogen and oxygen atoms in total. The van der Waals surface area contributed by atoms with Crippen LogP contribution < -0.4 is 5.32 Å². The SMILES string of the molecule is O=C(CCl)Nc1ccsc1-c1ccccc1. The van der Waals surface area contributed by atoms with E-state index in [0.29, 0.717) is 0 Å². The molecule has 0 unspecified atom stereocenters. The molecule has 16 heavy (non-hydrogen) atoms. The normalized spacial score (nSPS) is 10.1. The van der Waals surface area contributed by atoms with Gasteiger partial charge in [-0.1, -0.05) is 30.3 Å². The lowest BCUT2D eigenvalue weighted by atomic mass is 10.2. The highest BCUT2D eigenvalue weighted by molar-refractivity contribution is 7.14. The maximum Gasteiger partial charge on any atom is 0.239 e. The number of amides is 1. The Balaban J connectivity index is 2.29. The zero-order valence-corrected chi connectivity index (χ0v) is 10.0.